The van der Waals surface area contributed by atoms with Crippen molar-refractivity contribution in [1.29, 1.82) is 0 Å². The predicted molar refractivity (Wildman–Crippen MR) is 310 cm³/mol. The van der Waals surface area contributed by atoms with Gasteiger partial charge in [-0.05, 0) is 0 Å². The van der Waals surface area contributed by atoms with Crippen LogP contribution in [0.15, 0.2) is 151 Å². The molecule has 8 aromatic carbocycles. The van der Waals surface area contributed by atoms with Gasteiger partial charge >= 0.3 is 480 Å². The van der Waals surface area contributed by atoms with E-state index in [9.17, 15) is 0 Å². The third-order valence-electron chi connectivity index (χ3n) is 15.1. The number of halogens is 10. The second kappa shape index (κ2) is 19.1. The van der Waals surface area contributed by atoms with Gasteiger partial charge in [0.15, 0.2) is 0 Å². The molecule has 410 valence electrons. The van der Waals surface area contributed by atoms with E-state index >= 15 is 35.1 Å². The van der Waals surface area contributed by atoms with Crippen LogP contribution in [-0.4, -0.2) is 45.6 Å². The first-order valence-electron chi connectivity index (χ1n) is 25.6. The summed E-state index contributed by atoms with van der Waals surface area (Å²) in [7, 11) is 16.1. The molecule has 10 aromatic rings. The SMILES string of the molecule is Cc1c(F)c2c(c(F)c1Nc1ccccc1)C1=NC2=Nc2c3c(F)c(C)c(Nc4ccccc4)c(F)c3c3[n]2[Sn]([Cl])([Cl])[n]2c(c4c(F)c(C)c(Nc5ccccc5)c(F)c4c2=N1)=NC1=NC(=N3)c2c(F)c(Nc3ccccc3)c(C)c(F)c21. The zero-order valence-corrected chi connectivity index (χ0v) is 47.8. The van der Waals surface area contributed by atoms with Crippen LogP contribution < -0.4 is 32.2 Å². The third-order valence-corrected chi connectivity index (χ3v) is 25.1. The van der Waals surface area contributed by atoms with Crippen molar-refractivity contribution in [3.63, 3.8) is 0 Å². The van der Waals surface area contributed by atoms with Crippen molar-refractivity contribution in [2.45, 2.75) is 27.7 Å². The number of rotatable bonds is 8. The fraction of sp³-hybridized carbons (Fsp3) is 0.0667. The number of para-hydroxylation sites is 4. The van der Waals surface area contributed by atoms with Gasteiger partial charge in [-0.1, -0.05) is 0 Å². The number of benzene rings is 8. The second-order valence-electron chi connectivity index (χ2n) is 19.9. The molecule has 4 aliphatic rings. The molecule has 0 saturated carbocycles. The van der Waals surface area contributed by atoms with E-state index in [1.165, 1.54) is 27.7 Å². The molecule has 0 atom stereocenters. The van der Waals surface area contributed by atoms with Crippen LogP contribution >= 0.6 is 17.8 Å². The molecule has 4 N–H and O–H groups in total. The van der Waals surface area contributed by atoms with Crippen LogP contribution in [-0.2, 0) is 0 Å². The van der Waals surface area contributed by atoms with Gasteiger partial charge in [-0.3, -0.25) is 0 Å². The van der Waals surface area contributed by atoms with E-state index in [1.54, 1.807) is 121 Å². The van der Waals surface area contributed by atoms with Crippen molar-refractivity contribution in [2.75, 3.05) is 21.3 Å². The van der Waals surface area contributed by atoms with Crippen LogP contribution in [0.2, 0.25) is 0 Å². The molecular formula is C60H36Cl2F8N12Sn. The second-order valence-corrected chi connectivity index (χ2v) is 33.7. The Morgan fingerprint density at radius 1 is 0.325 bits per heavy atom. The van der Waals surface area contributed by atoms with Crippen LogP contribution in [0.3, 0.4) is 0 Å². The van der Waals surface area contributed by atoms with Crippen molar-refractivity contribution in [1.82, 2.24) is 5.58 Å². The Morgan fingerprint density at radius 2 is 0.602 bits per heavy atom. The quantitative estimate of drug-likeness (QED) is 0.0891. The Balaban J connectivity index is 1.21. The third kappa shape index (κ3) is 7.71. The molecule has 0 saturated heterocycles. The number of fused-ring (bicyclic) bond motifs is 14. The van der Waals surface area contributed by atoms with E-state index in [0.717, 1.165) is 5.58 Å². The van der Waals surface area contributed by atoms with Crippen molar-refractivity contribution < 1.29 is 35.1 Å². The minimum atomic E-state index is -6.67. The number of nitrogens with one attached hydrogen (secondary N) is 4. The normalized spacial score (nSPS) is 14.2. The molecule has 0 spiro atoms. The Morgan fingerprint density at radius 3 is 0.976 bits per heavy atom. The number of nitrogens with zero attached hydrogens (tertiary/aromatic N) is 8. The number of hydrogen-bond donors (Lipinski definition) is 4. The van der Waals surface area contributed by atoms with Gasteiger partial charge < -0.3 is 0 Å². The van der Waals surface area contributed by atoms with Gasteiger partial charge in [0, 0.05) is 0 Å². The standard InChI is InChI=1S/C60H36F8N12.2ClH.Sn/c1-25-41(61)33-37(45(65)49(25)69-29-17-9-5-10-18-29)57-75-53(33)73-54-34-38(46(66)50(26(2)42(34)62)70-30-19-11-6-12-20-30)59(76-54)80-60-40-36(44(64)28(4)52(48(40)68)72-32-23-15-8-16-24-32)56(78-60)74-55-35-39(58(77-55)79-57)47(67)51(27(3)43(35)63)71-31-21-13-7-14-22-31;;;/h5-24,69-72H,1-4H3;2*1H;/q-2;;;+4/p-2. The van der Waals surface area contributed by atoms with Gasteiger partial charge in [0.05, 0.1) is 0 Å². The van der Waals surface area contributed by atoms with Gasteiger partial charge in [-0.2, -0.15) is 0 Å². The molecule has 0 unspecified atom stereocenters. The number of hydrogen-bond acceptors (Lipinski definition) is 10. The molecule has 83 heavy (non-hydrogen) atoms. The van der Waals surface area contributed by atoms with Gasteiger partial charge in [0.25, 0.3) is 0 Å². The first-order valence-corrected chi connectivity index (χ1v) is 35.3. The predicted octanol–water partition coefficient (Wildman–Crippen LogP) is 15.2. The van der Waals surface area contributed by atoms with E-state index < -0.39 is 164 Å². The summed E-state index contributed by atoms with van der Waals surface area (Å²) >= 11 is -6.67. The van der Waals surface area contributed by atoms with Crippen LogP contribution in [0.1, 0.15) is 44.5 Å². The maximum atomic E-state index is 18.5. The molecular weight excluding hydrogens is 1230 g/mol. The van der Waals surface area contributed by atoms with E-state index in [1.807, 2.05) is 0 Å². The number of amidine groups is 4. The summed E-state index contributed by atoms with van der Waals surface area (Å²) in [6.45, 7) is 5.13. The molecule has 14 rings (SSSR count). The Bertz CT molecular complexity index is 4840. The molecule has 4 aliphatic heterocycles. The van der Waals surface area contributed by atoms with Crippen molar-refractivity contribution in [3.05, 3.63) is 223 Å². The minimum absolute atomic E-state index is 0.274. The first kappa shape index (κ1) is 52.2. The summed E-state index contributed by atoms with van der Waals surface area (Å²) in [6, 6.07) is 32.9. The maximum absolute atomic E-state index is 18.5. The molecule has 23 heteroatoms. The van der Waals surface area contributed by atoms with E-state index in [4.69, 9.17) is 37.8 Å². The fourth-order valence-corrected chi connectivity index (χ4v) is 20.6. The van der Waals surface area contributed by atoms with Crippen LogP contribution in [0.5, 0.6) is 0 Å². The zero-order chi connectivity index (χ0) is 57.7. The van der Waals surface area contributed by atoms with Crippen molar-refractivity contribution in [2.24, 2.45) is 30.0 Å². The summed E-state index contributed by atoms with van der Waals surface area (Å²) in [4.78, 5) is 28.3. The van der Waals surface area contributed by atoms with Crippen molar-refractivity contribution >= 4 is 137 Å². The van der Waals surface area contributed by atoms with Gasteiger partial charge in [-0.25, -0.2) is 0 Å². The molecule has 0 radical (unpaired) electrons. The molecule has 12 nitrogen and oxygen atoms in total. The molecule has 6 heterocycles. The Kier molecular flexibility index (Phi) is 12.0. The Labute approximate surface area is 476 Å². The number of anilines is 8. The van der Waals surface area contributed by atoms with Gasteiger partial charge in [-0.15, -0.1) is 0 Å². The van der Waals surface area contributed by atoms with Crippen molar-refractivity contribution in [3.8, 4) is 0 Å². The van der Waals surface area contributed by atoms with Crippen LogP contribution in [0.25, 0.3) is 21.5 Å². The summed E-state index contributed by atoms with van der Waals surface area (Å²) in [6.07, 6.45) is 0. The fourth-order valence-electron chi connectivity index (χ4n) is 11.0. The summed E-state index contributed by atoms with van der Waals surface area (Å²) in [5.74, 6) is -13.2. The molecule has 2 aromatic heterocycles. The monoisotopic (exact) mass is 1270 g/mol. The molecule has 6 bridgehead atoms. The summed E-state index contributed by atoms with van der Waals surface area (Å²) in [5, 5.41) is 8.89. The number of aromatic nitrogens is 2. The topological polar surface area (TPSA) is 132 Å². The van der Waals surface area contributed by atoms with E-state index in [0.29, 0.717) is 22.7 Å². The van der Waals surface area contributed by atoms with Crippen LogP contribution in [0, 0.1) is 74.2 Å². The molecule has 0 aliphatic carbocycles. The van der Waals surface area contributed by atoms with Gasteiger partial charge in [0.1, 0.15) is 0 Å². The Hall–Kier alpha value is -8.86. The van der Waals surface area contributed by atoms with E-state index in [2.05, 4.69) is 31.3 Å². The zero-order valence-electron chi connectivity index (χ0n) is 43.4. The molecule has 0 fully saturated rings. The van der Waals surface area contributed by atoms with E-state index in [-0.39, 0.29) is 33.6 Å². The van der Waals surface area contributed by atoms with Crippen LogP contribution in [0.4, 0.5) is 92.3 Å². The first-order chi connectivity index (χ1) is 39.9. The number of aliphatic imine (C=N–C) groups is 4. The van der Waals surface area contributed by atoms with Gasteiger partial charge in [0.2, 0.25) is 0 Å². The summed E-state index contributed by atoms with van der Waals surface area (Å²) in [5.41, 5.74) is -5.39. The average Bonchev–Trinajstić information content (AvgIpc) is 1.98. The molecule has 0 amide bonds. The summed E-state index contributed by atoms with van der Waals surface area (Å²) < 4.78 is 147. The average molecular weight is 1270 g/mol.